The van der Waals surface area contributed by atoms with Crippen LogP contribution in [-0.4, -0.2) is 44.5 Å². The zero-order valence-corrected chi connectivity index (χ0v) is 20.6. The Bertz CT molecular complexity index is 1590. The minimum atomic E-state index is 0. The van der Waals surface area contributed by atoms with Crippen LogP contribution in [0, 0.1) is 9.54 Å². The van der Waals surface area contributed by atoms with Gasteiger partial charge in [-0.25, -0.2) is 9.97 Å². The van der Waals surface area contributed by atoms with Gasteiger partial charge in [0, 0.05) is 62.4 Å². The highest BCUT2D eigenvalue weighted by atomic mass is 32.1. The summed E-state index contributed by atoms with van der Waals surface area (Å²) in [4.78, 5) is 23.1. The van der Waals surface area contributed by atoms with Gasteiger partial charge in [0.05, 0.1) is 11.0 Å². The lowest BCUT2D eigenvalue weighted by atomic mass is 10.1. The second-order valence-electron chi connectivity index (χ2n) is 7.64. The molecule has 0 spiro atoms. The maximum atomic E-state index is 5.17. The van der Waals surface area contributed by atoms with Crippen molar-refractivity contribution in [2.24, 2.45) is 14.1 Å². The molecule has 0 radical (unpaired) electrons. The maximum absolute atomic E-state index is 5.17. The molecule has 0 aliphatic carbocycles. The van der Waals surface area contributed by atoms with E-state index in [0.29, 0.717) is 9.54 Å². The molecule has 0 bridgehead atoms. The first-order valence-electron chi connectivity index (χ1n) is 10.4. The highest BCUT2D eigenvalue weighted by molar-refractivity contribution is 7.71. The van der Waals surface area contributed by atoms with E-state index in [-0.39, 0.29) is 5.48 Å². The zero-order chi connectivity index (χ0) is 23.7. The largest absolute Gasteiger partial charge is 0.412 e. The van der Waals surface area contributed by atoms with Crippen LogP contribution in [0.3, 0.4) is 0 Å². The van der Waals surface area contributed by atoms with Crippen LogP contribution < -0.4 is 0 Å². The number of H-pyrrole nitrogens is 2. The Morgan fingerprint density at radius 2 is 1.00 bits per heavy atom. The van der Waals surface area contributed by atoms with Crippen molar-refractivity contribution >= 4 is 46.8 Å². The van der Waals surface area contributed by atoms with Gasteiger partial charge in [-0.05, 0) is 72.0 Å². The summed E-state index contributed by atoms with van der Waals surface area (Å²) in [5.41, 5.74) is 7.93. The van der Waals surface area contributed by atoms with Gasteiger partial charge in [-0.15, -0.1) is 0 Å². The number of rotatable bonds is 2. The molecule has 176 valence electrons. The quantitative estimate of drug-likeness (QED) is 0.335. The number of aromatic nitrogens is 8. The molecule has 0 saturated carbocycles. The van der Waals surface area contributed by atoms with E-state index >= 15 is 0 Å². The zero-order valence-electron chi connectivity index (χ0n) is 18.9. The van der Waals surface area contributed by atoms with Crippen molar-refractivity contribution in [3.05, 3.63) is 83.1 Å². The molecule has 6 aromatic rings. The monoisotopic (exact) mass is 502 g/mol. The highest BCUT2D eigenvalue weighted by Gasteiger charge is 2.06. The third-order valence-electron chi connectivity index (χ3n) is 5.49. The van der Waals surface area contributed by atoms with Crippen LogP contribution in [0.5, 0.6) is 0 Å². The van der Waals surface area contributed by atoms with E-state index in [1.807, 2.05) is 72.0 Å². The lowest BCUT2D eigenvalue weighted by Crippen LogP contribution is -1.89. The lowest BCUT2D eigenvalue weighted by Gasteiger charge is -2.00. The van der Waals surface area contributed by atoms with Gasteiger partial charge in [0.15, 0.2) is 20.8 Å². The molecular formula is C24H22N8OS2. The topological polar surface area (TPSA) is 124 Å². The molecule has 0 saturated heterocycles. The second-order valence-corrected chi connectivity index (χ2v) is 8.41. The summed E-state index contributed by atoms with van der Waals surface area (Å²) in [6, 6.07) is 11.9. The number of hydrogen-bond acceptors (Lipinski definition) is 6. The van der Waals surface area contributed by atoms with Gasteiger partial charge in [-0.3, -0.25) is 9.97 Å². The van der Waals surface area contributed by atoms with Crippen LogP contribution in [0.15, 0.2) is 73.6 Å². The minimum absolute atomic E-state index is 0. The normalized spacial score (nSPS) is 10.6. The highest BCUT2D eigenvalue weighted by Crippen LogP contribution is 2.22. The molecule has 0 aliphatic heterocycles. The molecule has 0 unspecified atom stereocenters. The maximum Gasteiger partial charge on any atom is 0.179 e. The fourth-order valence-corrected chi connectivity index (χ4v) is 4.02. The molecule has 6 rings (SSSR count). The summed E-state index contributed by atoms with van der Waals surface area (Å²) >= 11 is 10.3. The first-order chi connectivity index (χ1) is 16.5. The van der Waals surface area contributed by atoms with Gasteiger partial charge in [-0.2, -0.15) is 0 Å². The molecule has 0 atom stereocenters. The van der Waals surface area contributed by atoms with Crippen LogP contribution in [0.25, 0.3) is 44.6 Å². The molecule has 9 nitrogen and oxygen atoms in total. The van der Waals surface area contributed by atoms with Crippen LogP contribution in [0.2, 0.25) is 0 Å². The molecule has 6 aromatic heterocycles. The Balaban J connectivity index is 0.000000160. The van der Waals surface area contributed by atoms with Crippen molar-refractivity contribution in [1.29, 1.82) is 0 Å². The Morgan fingerprint density at radius 3 is 1.37 bits per heavy atom. The molecule has 11 heteroatoms. The number of nitrogens with one attached hydrogen (secondary N) is 2. The van der Waals surface area contributed by atoms with E-state index in [1.165, 1.54) is 0 Å². The number of hydrogen-bond donors (Lipinski definition) is 2. The molecular weight excluding hydrogens is 480 g/mol. The number of nitrogens with zero attached hydrogens (tertiary/aromatic N) is 6. The van der Waals surface area contributed by atoms with Gasteiger partial charge in [0.2, 0.25) is 0 Å². The van der Waals surface area contributed by atoms with Crippen LogP contribution >= 0.6 is 24.4 Å². The van der Waals surface area contributed by atoms with Crippen LogP contribution in [0.4, 0.5) is 0 Å². The predicted octanol–water partition coefficient (Wildman–Crippen LogP) is 4.56. The standard InChI is InChI=1S/2C12H10N4S.H2O/c2*1-16-11-10(15-12(16)17)6-9(7-14-11)8-2-4-13-5-3-8;/h2*2-7H,1H3,(H,15,17);1H2. The second kappa shape index (κ2) is 10.1. The van der Waals surface area contributed by atoms with E-state index in [4.69, 9.17) is 24.4 Å². The number of fused-ring (bicyclic) bond motifs is 2. The van der Waals surface area contributed by atoms with Crippen molar-refractivity contribution in [1.82, 2.24) is 39.0 Å². The average molecular weight is 503 g/mol. The van der Waals surface area contributed by atoms with Crippen molar-refractivity contribution in [3.63, 3.8) is 0 Å². The number of aryl methyl sites for hydroxylation is 2. The van der Waals surface area contributed by atoms with Crippen molar-refractivity contribution in [2.75, 3.05) is 0 Å². The first-order valence-corrected chi connectivity index (χ1v) is 11.2. The Labute approximate surface area is 210 Å². The summed E-state index contributed by atoms with van der Waals surface area (Å²) < 4.78 is 5.08. The van der Waals surface area contributed by atoms with E-state index in [0.717, 1.165) is 44.6 Å². The molecule has 35 heavy (non-hydrogen) atoms. The summed E-state index contributed by atoms with van der Waals surface area (Å²) in [6.07, 6.45) is 10.8. The fourth-order valence-electron chi connectivity index (χ4n) is 3.63. The molecule has 4 N–H and O–H groups in total. The minimum Gasteiger partial charge on any atom is -0.412 e. The Hall–Kier alpha value is -4.06. The number of aromatic amines is 2. The fraction of sp³-hybridized carbons (Fsp3) is 0.0833. The third kappa shape index (κ3) is 4.78. The van der Waals surface area contributed by atoms with E-state index in [2.05, 4.69) is 29.9 Å². The van der Waals surface area contributed by atoms with Gasteiger partial charge in [0.25, 0.3) is 0 Å². The van der Waals surface area contributed by atoms with Crippen molar-refractivity contribution in [3.8, 4) is 22.3 Å². The predicted molar refractivity (Wildman–Crippen MR) is 142 cm³/mol. The van der Waals surface area contributed by atoms with Gasteiger partial charge < -0.3 is 24.6 Å². The molecule has 0 aromatic carbocycles. The van der Waals surface area contributed by atoms with E-state index < -0.39 is 0 Å². The smallest absolute Gasteiger partial charge is 0.179 e. The molecule has 0 aliphatic rings. The van der Waals surface area contributed by atoms with Gasteiger partial charge in [0.1, 0.15) is 0 Å². The van der Waals surface area contributed by atoms with Crippen molar-refractivity contribution < 1.29 is 5.48 Å². The third-order valence-corrected chi connectivity index (χ3v) is 6.24. The summed E-state index contributed by atoms with van der Waals surface area (Å²) in [5.74, 6) is 0. The average Bonchev–Trinajstić information content (AvgIpc) is 3.33. The molecule has 0 amide bonds. The van der Waals surface area contributed by atoms with Gasteiger partial charge >= 0.3 is 0 Å². The summed E-state index contributed by atoms with van der Waals surface area (Å²) in [5, 5.41) is 0. The van der Waals surface area contributed by atoms with E-state index in [1.54, 1.807) is 24.8 Å². The molecule has 0 fully saturated rings. The lowest BCUT2D eigenvalue weighted by molar-refractivity contribution is 0.824. The van der Waals surface area contributed by atoms with Gasteiger partial charge in [-0.1, -0.05) is 0 Å². The van der Waals surface area contributed by atoms with Crippen LogP contribution in [0.1, 0.15) is 0 Å². The molecule has 6 heterocycles. The first kappa shape index (κ1) is 24.1. The summed E-state index contributed by atoms with van der Waals surface area (Å²) in [6.45, 7) is 0. The van der Waals surface area contributed by atoms with E-state index in [9.17, 15) is 0 Å². The number of imidazole rings is 2. The van der Waals surface area contributed by atoms with Crippen molar-refractivity contribution in [2.45, 2.75) is 0 Å². The number of pyridine rings is 4. The Morgan fingerprint density at radius 1 is 0.629 bits per heavy atom. The van der Waals surface area contributed by atoms with Crippen LogP contribution in [-0.2, 0) is 14.1 Å². The summed E-state index contributed by atoms with van der Waals surface area (Å²) in [7, 11) is 3.81. The Kier molecular flexibility index (Phi) is 6.92. The SMILES string of the molecule is Cn1c(=S)[nH]c2cc(-c3ccncc3)cnc21.Cn1c(=S)[nH]c2cc(-c3ccncc3)cnc21.O.